The minimum atomic E-state index is -4.12. The van der Waals surface area contributed by atoms with E-state index in [4.69, 9.17) is 20.8 Å². The molecule has 0 amide bonds. The van der Waals surface area contributed by atoms with E-state index in [0.29, 0.717) is 22.0 Å². The molecule has 0 saturated carbocycles. The number of ether oxygens (including phenoxy) is 1. The highest BCUT2D eigenvalue weighted by Gasteiger charge is 2.29. The molecule has 1 aromatic heterocycles. The van der Waals surface area contributed by atoms with Crippen LogP contribution in [0.25, 0.3) is 11.5 Å². The summed E-state index contributed by atoms with van der Waals surface area (Å²) >= 11 is 6.24. The Kier molecular flexibility index (Phi) is 5.67. The van der Waals surface area contributed by atoms with Crippen LogP contribution in [0.15, 0.2) is 87.1 Å². The van der Waals surface area contributed by atoms with Gasteiger partial charge in [0.2, 0.25) is 26.6 Å². The topological polar surface area (TPSA) is 81.4 Å². The maximum absolute atomic E-state index is 13.3. The van der Waals surface area contributed by atoms with Crippen molar-refractivity contribution in [2.45, 2.75) is 9.92 Å². The van der Waals surface area contributed by atoms with Crippen LogP contribution in [0.5, 0.6) is 5.75 Å². The molecule has 31 heavy (non-hydrogen) atoms. The lowest BCUT2D eigenvalue weighted by atomic mass is 10.2. The number of benzene rings is 3. The highest BCUT2D eigenvalue weighted by Crippen LogP contribution is 2.36. The van der Waals surface area contributed by atoms with Gasteiger partial charge in [-0.05, 0) is 60.7 Å². The van der Waals surface area contributed by atoms with E-state index in [9.17, 15) is 12.8 Å². The Morgan fingerprint density at radius 1 is 1.00 bits per heavy atom. The maximum atomic E-state index is 13.3. The first-order valence-electron chi connectivity index (χ1n) is 9.06. The Bertz CT molecular complexity index is 1320. The molecule has 0 spiro atoms. The predicted molar refractivity (Wildman–Crippen MR) is 115 cm³/mol. The number of aromatic nitrogens is 1. The van der Waals surface area contributed by atoms with Crippen LogP contribution in [0.3, 0.4) is 0 Å². The fraction of sp³-hybridized carbons (Fsp3) is 0.0455. The third kappa shape index (κ3) is 4.26. The second-order valence-electron chi connectivity index (χ2n) is 6.44. The van der Waals surface area contributed by atoms with Crippen molar-refractivity contribution in [2.24, 2.45) is 0 Å². The number of methoxy groups -OCH3 is 1. The van der Waals surface area contributed by atoms with Crippen LogP contribution in [-0.4, -0.2) is 20.5 Å². The Hall–Kier alpha value is -3.36. The SMILES string of the molecule is COc1ccc(Nc2oc(-c3ccccc3Cl)nc2S(=O)(=O)c2ccc(F)cc2)cc1. The highest BCUT2D eigenvalue weighted by molar-refractivity contribution is 7.91. The summed E-state index contributed by atoms with van der Waals surface area (Å²) < 4.78 is 50.7. The lowest BCUT2D eigenvalue weighted by molar-refractivity contribution is 0.415. The van der Waals surface area contributed by atoms with Crippen molar-refractivity contribution in [1.82, 2.24) is 4.98 Å². The molecule has 0 bridgehead atoms. The molecule has 0 aliphatic rings. The smallest absolute Gasteiger partial charge is 0.238 e. The lowest BCUT2D eigenvalue weighted by Gasteiger charge is -2.07. The van der Waals surface area contributed by atoms with Gasteiger partial charge in [0.1, 0.15) is 11.6 Å². The predicted octanol–water partition coefficient (Wildman–Crippen LogP) is 5.72. The quantitative estimate of drug-likeness (QED) is 0.372. The van der Waals surface area contributed by atoms with E-state index in [0.717, 1.165) is 12.1 Å². The van der Waals surface area contributed by atoms with E-state index in [1.807, 2.05) is 0 Å². The molecule has 0 atom stereocenters. The second-order valence-corrected chi connectivity index (χ2v) is 8.72. The summed E-state index contributed by atoms with van der Waals surface area (Å²) in [5.74, 6) is 0.0261. The first-order chi connectivity index (χ1) is 14.9. The van der Waals surface area contributed by atoms with Crippen molar-refractivity contribution < 1.29 is 22.0 Å². The molecule has 0 fully saturated rings. The van der Waals surface area contributed by atoms with Gasteiger partial charge in [0.15, 0.2) is 0 Å². The van der Waals surface area contributed by atoms with E-state index >= 15 is 0 Å². The Balaban J connectivity index is 1.83. The summed E-state index contributed by atoms with van der Waals surface area (Å²) in [5.41, 5.74) is 0.987. The molecule has 0 aliphatic carbocycles. The van der Waals surface area contributed by atoms with Gasteiger partial charge in [-0.15, -0.1) is 0 Å². The molecule has 0 saturated heterocycles. The van der Waals surface area contributed by atoms with Crippen LogP contribution >= 0.6 is 11.6 Å². The van der Waals surface area contributed by atoms with Gasteiger partial charge in [-0.2, -0.15) is 4.98 Å². The first-order valence-corrected chi connectivity index (χ1v) is 10.9. The average Bonchev–Trinajstić information content (AvgIpc) is 3.19. The Labute approximate surface area is 183 Å². The summed E-state index contributed by atoms with van der Waals surface area (Å²) in [7, 11) is -2.58. The minimum absolute atomic E-state index is 0.0299. The average molecular weight is 459 g/mol. The number of halogens is 2. The fourth-order valence-electron chi connectivity index (χ4n) is 2.85. The molecule has 9 heteroatoms. The van der Waals surface area contributed by atoms with Crippen molar-refractivity contribution in [2.75, 3.05) is 12.4 Å². The van der Waals surface area contributed by atoms with Gasteiger partial charge in [-0.1, -0.05) is 23.7 Å². The van der Waals surface area contributed by atoms with Gasteiger partial charge < -0.3 is 14.5 Å². The van der Waals surface area contributed by atoms with Crippen LogP contribution in [0.1, 0.15) is 0 Å². The van der Waals surface area contributed by atoms with Gasteiger partial charge in [-0.3, -0.25) is 0 Å². The Morgan fingerprint density at radius 2 is 1.68 bits per heavy atom. The van der Waals surface area contributed by atoms with Gasteiger partial charge in [0.05, 0.1) is 22.6 Å². The maximum Gasteiger partial charge on any atom is 0.238 e. The molecule has 6 nitrogen and oxygen atoms in total. The number of nitrogens with zero attached hydrogens (tertiary/aromatic N) is 1. The minimum Gasteiger partial charge on any atom is -0.497 e. The van der Waals surface area contributed by atoms with Crippen molar-refractivity contribution in [3.05, 3.63) is 83.6 Å². The number of sulfone groups is 1. The van der Waals surface area contributed by atoms with E-state index in [2.05, 4.69) is 10.3 Å². The summed E-state index contributed by atoms with van der Waals surface area (Å²) in [6.07, 6.45) is 0. The normalized spacial score (nSPS) is 11.3. The number of hydrogen-bond donors (Lipinski definition) is 1. The van der Waals surface area contributed by atoms with Crippen molar-refractivity contribution in [1.29, 1.82) is 0 Å². The molecule has 0 unspecified atom stereocenters. The summed E-state index contributed by atoms with van der Waals surface area (Å²) in [4.78, 5) is 4.10. The first kappa shape index (κ1) is 20.9. The second kappa shape index (κ2) is 8.41. The third-order valence-corrected chi connectivity index (χ3v) is 6.43. The van der Waals surface area contributed by atoms with Gasteiger partial charge in [0, 0.05) is 5.69 Å². The molecular formula is C22H16ClFN2O4S. The van der Waals surface area contributed by atoms with E-state index in [-0.39, 0.29) is 21.7 Å². The summed E-state index contributed by atoms with van der Waals surface area (Å²) in [6.45, 7) is 0. The number of anilines is 2. The highest BCUT2D eigenvalue weighted by atomic mass is 35.5. The molecule has 4 aromatic rings. The largest absolute Gasteiger partial charge is 0.497 e. The van der Waals surface area contributed by atoms with Crippen LogP contribution in [0, 0.1) is 5.82 Å². The molecule has 158 valence electrons. The zero-order valence-corrected chi connectivity index (χ0v) is 17.7. The zero-order chi connectivity index (χ0) is 22.0. The van der Waals surface area contributed by atoms with E-state index in [1.54, 1.807) is 55.6 Å². The monoisotopic (exact) mass is 458 g/mol. The standard InChI is InChI=1S/C22H16ClFN2O4S/c1-29-16-10-8-15(9-11-16)25-21-22(31(27,28)17-12-6-14(24)7-13-17)26-20(30-21)18-4-2-3-5-19(18)23/h2-13,25H,1H3. The lowest BCUT2D eigenvalue weighted by Crippen LogP contribution is -2.05. The van der Waals surface area contributed by atoms with Crippen LogP contribution in [0.2, 0.25) is 5.02 Å². The van der Waals surface area contributed by atoms with Gasteiger partial charge in [0.25, 0.3) is 0 Å². The van der Waals surface area contributed by atoms with E-state index < -0.39 is 15.7 Å². The van der Waals surface area contributed by atoms with Gasteiger partial charge >= 0.3 is 0 Å². The Morgan fingerprint density at radius 3 is 2.32 bits per heavy atom. The molecule has 4 rings (SSSR count). The fourth-order valence-corrected chi connectivity index (χ4v) is 4.32. The summed E-state index contributed by atoms with van der Waals surface area (Å²) in [5, 5.41) is 2.95. The van der Waals surface area contributed by atoms with Crippen LogP contribution < -0.4 is 10.1 Å². The summed E-state index contributed by atoms with van der Waals surface area (Å²) in [6, 6.07) is 18.1. The molecular weight excluding hydrogens is 443 g/mol. The number of nitrogens with one attached hydrogen (secondary N) is 1. The molecule has 1 heterocycles. The number of oxazole rings is 1. The van der Waals surface area contributed by atoms with Crippen molar-refractivity contribution in [3.8, 4) is 17.2 Å². The van der Waals surface area contributed by atoms with Crippen LogP contribution in [0.4, 0.5) is 16.0 Å². The van der Waals surface area contributed by atoms with Gasteiger partial charge in [-0.25, -0.2) is 12.8 Å². The van der Waals surface area contributed by atoms with Crippen LogP contribution in [-0.2, 0) is 9.84 Å². The molecule has 0 radical (unpaired) electrons. The van der Waals surface area contributed by atoms with E-state index in [1.165, 1.54) is 12.1 Å². The third-order valence-electron chi connectivity index (χ3n) is 4.43. The molecule has 1 N–H and O–H groups in total. The number of hydrogen-bond acceptors (Lipinski definition) is 6. The number of rotatable bonds is 6. The van der Waals surface area contributed by atoms with Crippen molar-refractivity contribution in [3.63, 3.8) is 0 Å². The zero-order valence-electron chi connectivity index (χ0n) is 16.2. The molecule has 0 aliphatic heterocycles. The molecule has 3 aromatic carbocycles. The van der Waals surface area contributed by atoms with Crippen molar-refractivity contribution >= 4 is 33.0 Å².